The normalized spacial score (nSPS) is 27.4. The zero-order valence-corrected chi connectivity index (χ0v) is 10.8. The van der Waals surface area contributed by atoms with Crippen molar-refractivity contribution in [3.05, 3.63) is 12.2 Å². The number of ketones is 1. The first-order valence-corrected chi connectivity index (χ1v) is 6.26. The molecule has 1 fully saturated rings. The molecule has 2 atom stereocenters. The van der Waals surface area contributed by atoms with Crippen molar-refractivity contribution in [1.82, 2.24) is 0 Å². The van der Waals surface area contributed by atoms with Crippen molar-refractivity contribution in [2.45, 2.75) is 32.6 Å². The maximum atomic E-state index is 12.0. The maximum absolute atomic E-state index is 12.0. The predicted octanol–water partition coefficient (Wildman–Crippen LogP) is 2.75. The van der Waals surface area contributed by atoms with Crippen LogP contribution in [-0.2, 0) is 9.59 Å². The fourth-order valence-electron chi connectivity index (χ4n) is 2.49. The molecule has 0 bridgehead atoms. The first-order chi connectivity index (χ1) is 8.06. The number of carbonyl (C=O) groups is 2. The van der Waals surface area contributed by atoms with Crippen LogP contribution in [0.25, 0.3) is 0 Å². The van der Waals surface area contributed by atoms with Gasteiger partial charge in [-0.2, -0.15) is 0 Å². The van der Waals surface area contributed by atoms with Crippen molar-refractivity contribution < 1.29 is 9.59 Å². The van der Waals surface area contributed by atoms with E-state index >= 15 is 0 Å². The number of alkyl halides is 1. The van der Waals surface area contributed by atoms with Crippen molar-refractivity contribution in [2.24, 2.45) is 11.3 Å². The van der Waals surface area contributed by atoms with Gasteiger partial charge >= 0.3 is 0 Å². The van der Waals surface area contributed by atoms with Crippen molar-refractivity contribution in [3.63, 3.8) is 0 Å². The zero-order valence-electron chi connectivity index (χ0n) is 10.1. The Bertz CT molecular complexity index is 389. The van der Waals surface area contributed by atoms with E-state index in [9.17, 15) is 9.59 Å². The molecule has 0 unspecified atom stereocenters. The molecule has 0 aromatic heterocycles. The monoisotopic (exact) mass is 252 g/mol. The lowest BCUT2D eigenvalue weighted by Crippen LogP contribution is -2.29. The van der Waals surface area contributed by atoms with E-state index < -0.39 is 5.41 Å². The van der Waals surface area contributed by atoms with Gasteiger partial charge in [-0.25, -0.2) is 0 Å². The molecule has 92 valence electrons. The number of carbonyl (C=O) groups excluding carboxylic acids is 2. The molecule has 1 aliphatic carbocycles. The Kier molecular flexibility index (Phi) is 4.96. The summed E-state index contributed by atoms with van der Waals surface area (Å²) in [6.07, 6.45) is 3.01. The minimum atomic E-state index is -0.487. The second-order valence-electron chi connectivity index (χ2n) is 4.62. The van der Waals surface area contributed by atoms with Crippen LogP contribution in [0.3, 0.4) is 0 Å². The van der Waals surface area contributed by atoms with E-state index in [2.05, 4.69) is 18.4 Å². The van der Waals surface area contributed by atoms with E-state index in [1.165, 1.54) is 0 Å². The van der Waals surface area contributed by atoms with Gasteiger partial charge < -0.3 is 4.79 Å². The molecule has 0 amide bonds. The van der Waals surface area contributed by atoms with Gasteiger partial charge in [-0.15, -0.1) is 17.5 Å². The van der Waals surface area contributed by atoms with E-state index in [0.29, 0.717) is 19.3 Å². The molecule has 0 aliphatic heterocycles. The van der Waals surface area contributed by atoms with E-state index in [1.54, 1.807) is 0 Å². The summed E-state index contributed by atoms with van der Waals surface area (Å²) in [5.74, 6) is 6.30. The van der Waals surface area contributed by atoms with Gasteiger partial charge in [0.2, 0.25) is 0 Å². The van der Waals surface area contributed by atoms with Gasteiger partial charge in [0.05, 0.1) is 5.88 Å². The third kappa shape index (κ3) is 2.98. The lowest BCUT2D eigenvalue weighted by Gasteiger charge is -2.29. The maximum Gasteiger partial charge on any atom is 0.140 e. The summed E-state index contributed by atoms with van der Waals surface area (Å²) in [6, 6.07) is 0. The van der Waals surface area contributed by atoms with E-state index in [0.717, 1.165) is 18.3 Å². The number of aldehydes is 1. The largest absolute Gasteiger partial charge is 0.303 e. The molecule has 0 saturated heterocycles. The second-order valence-corrected chi connectivity index (χ2v) is 4.89. The highest BCUT2D eigenvalue weighted by atomic mass is 35.5. The average Bonchev–Trinajstić information content (AvgIpc) is 2.57. The highest BCUT2D eigenvalue weighted by Crippen LogP contribution is 2.46. The summed E-state index contributed by atoms with van der Waals surface area (Å²) in [4.78, 5) is 22.5. The molecule has 3 heteroatoms. The molecular weight excluding hydrogens is 236 g/mol. The summed E-state index contributed by atoms with van der Waals surface area (Å²) < 4.78 is 0. The van der Waals surface area contributed by atoms with Crippen LogP contribution in [0.4, 0.5) is 0 Å². The third-order valence-corrected chi connectivity index (χ3v) is 3.69. The van der Waals surface area contributed by atoms with Gasteiger partial charge in [0.1, 0.15) is 12.1 Å². The third-order valence-electron chi connectivity index (χ3n) is 3.55. The molecule has 1 saturated carbocycles. The molecule has 0 spiro atoms. The number of hydrogen-bond acceptors (Lipinski definition) is 2. The van der Waals surface area contributed by atoms with Gasteiger partial charge in [-0.3, -0.25) is 4.79 Å². The van der Waals surface area contributed by atoms with Gasteiger partial charge in [0, 0.05) is 24.7 Å². The Balaban J connectivity index is 2.86. The van der Waals surface area contributed by atoms with Gasteiger partial charge in [-0.05, 0) is 12.3 Å². The van der Waals surface area contributed by atoms with Crippen molar-refractivity contribution in [3.8, 4) is 11.8 Å². The zero-order chi connectivity index (χ0) is 12.9. The average molecular weight is 253 g/mol. The van der Waals surface area contributed by atoms with Crippen LogP contribution in [-0.4, -0.2) is 17.9 Å². The summed E-state index contributed by atoms with van der Waals surface area (Å²) in [5, 5.41) is 0. The van der Waals surface area contributed by atoms with Gasteiger partial charge in [0.15, 0.2) is 0 Å². The number of rotatable bonds is 4. The van der Waals surface area contributed by atoms with Gasteiger partial charge in [0.25, 0.3) is 0 Å². The predicted molar refractivity (Wildman–Crippen MR) is 68.8 cm³/mol. The van der Waals surface area contributed by atoms with Gasteiger partial charge in [-0.1, -0.05) is 25.0 Å². The van der Waals surface area contributed by atoms with Crippen LogP contribution in [0.1, 0.15) is 32.6 Å². The standard InChI is InChI=1S/C14H17ClO2/c1-11(7-10-16)12-5-6-13(17)14(12,2)8-3-4-9-15/h10,12H,1,5-9H2,2H3/t12-,14-/m0/s1. The molecular formula is C14H17ClO2. The Morgan fingerprint density at radius 2 is 2.35 bits per heavy atom. The summed E-state index contributed by atoms with van der Waals surface area (Å²) in [7, 11) is 0. The quantitative estimate of drug-likeness (QED) is 0.334. The molecule has 0 aromatic carbocycles. The minimum absolute atomic E-state index is 0.0739. The van der Waals surface area contributed by atoms with Crippen LogP contribution < -0.4 is 0 Å². The van der Waals surface area contributed by atoms with E-state index in [4.69, 9.17) is 11.6 Å². The second kappa shape index (κ2) is 6.02. The summed E-state index contributed by atoms with van der Waals surface area (Å²) in [5.41, 5.74) is 0.361. The smallest absolute Gasteiger partial charge is 0.140 e. The molecule has 0 N–H and O–H groups in total. The van der Waals surface area contributed by atoms with Crippen molar-refractivity contribution in [1.29, 1.82) is 0 Å². The highest BCUT2D eigenvalue weighted by Gasteiger charge is 2.46. The molecule has 1 rings (SSSR count). The van der Waals surface area contributed by atoms with Crippen LogP contribution in [0, 0.1) is 23.2 Å². The minimum Gasteiger partial charge on any atom is -0.303 e. The Morgan fingerprint density at radius 3 is 2.94 bits per heavy atom. The first kappa shape index (κ1) is 14.0. The van der Waals surface area contributed by atoms with Crippen molar-refractivity contribution in [2.75, 3.05) is 5.88 Å². The highest BCUT2D eigenvalue weighted by molar-refractivity contribution is 6.19. The number of allylic oxidation sites excluding steroid dienone is 1. The lowest BCUT2D eigenvalue weighted by atomic mass is 9.73. The molecule has 17 heavy (non-hydrogen) atoms. The Labute approximate surface area is 107 Å². The Morgan fingerprint density at radius 1 is 1.65 bits per heavy atom. The molecule has 0 aromatic rings. The van der Waals surface area contributed by atoms with E-state index in [1.807, 2.05) is 6.92 Å². The van der Waals surface area contributed by atoms with Crippen LogP contribution in [0.2, 0.25) is 0 Å². The van der Waals surface area contributed by atoms with E-state index in [-0.39, 0.29) is 17.6 Å². The fourth-order valence-corrected chi connectivity index (χ4v) is 2.59. The molecule has 0 heterocycles. The van der Waals surface area contributed by atoms with Crippen LogP contribution in [0.5, 0.6) is 0 Å². The number of hydrogen-bond donors (Lipinski definition) is 0. The van der Waals surface area contributed by atoms with Crippen LogP contribution >= 0.6 is 11.6 Å². The summed E-state index contributed by atoms with van der Waals surface area (Å²) >= 11 is 5.50. The molecule has 1 aliphatic rings. The number of Topliss-reactive ketones (excluding diaryl/α,β-unsaturated/α-hetero) is 1. The van der Waals surface area contributed by atoms with Crippen LogP contribution in [0.15, 0.2) is 12.2 Å². The number of halogens is 1. The summed E-state index contributed by atoms with van der Waals surface area (Å²) in [6.45, 7) is 5.85. The molecule has 2 nitrogen and oxygen atoms in total. The topological polar surface area (TPSA) is 34.1 Å². The molecule has 0 radical (unpaired) electrons. The van der Waals surface area contributed by atoms with Crippen molar-refractivity contribution >= 4 is 23.7 Å². The SMILES string of the molecule is C=C(CC=O)[C@@H]1CCC(=O)[C@@]1(C)CC#CCCl. The first-order valence-electron chi connectivity index (χ1n) is 5.72. The lowest BCUT2D eigenvalue weighted by molar-refractivity contribution is -0.125. The Hall–Kier alpha value is -1.07. The fraction of sp³-hybridized carbons (Fsp3) is 0.571.